The first-order chi connectivity index (χ1) is 9.31. The van der Waals surface area contributed by atoms with Crippen LogP contribution < -0.4 is 10.1 Å². The second-order valence-corrected chi connectivity index (χ2v) is 4.85. The van der Waals surface area contributed by atoms with Crippen LogP contribution in [0.4, 0.5) is 5.82 Å². The molecule has 0 aromatic carbocycles. The van der Waals surface area contributed by atoms with Crippen LogP contribution in [0.3, 0.4) is 0 Å². The summed E-state index contributed by atoms with van der Waals surface area (Å²) in [4.78, 5) is 8.78. The maximum atomic E-state index is 5.48. The Labute approximate surface area is 114 Å². The van der Waals surface area contributed by atoms with E-state index in [0.717, 1.165) is 5.82 Å². The van der Waals surface area contributed by atoms with E-state index in [2.05, 4.69) is 15.3 Å². The molecule has 0 spiro atoms. The normalized spacial score (nSPS) is 16.3. The summed E-state index contributed by atoms with van der Waals surface area (Å²) >= 11 is 0. The van der Waals surface area contributed by atoms with E-state index in [0.29, 0.717) is 31.0 Å². The molecule has 0 atom stereocenters. The van der Waals surface area contributed by atoms with Gasteiger partial charge in [0.25, 0.3) is 0 Å². The predicted octanol–water partition coefficient (Wildman–Crippen LogP) is 2.77. The lowest BCUT2D eigenvalue weighted by Crippen LogP contribution is -2.23. The summed E-state index contributed by atoms with van der Waals surface area (Å²) in [5.41, 5.74) is 0. The second kappa shape index (κ2) is 7.28. The number of anilines is 1. The molecule has 1 fully saturated rings. The maximum Gasteiger partial charge on any atom is 0.218 e. The summed E-state index contributed by atoms with van der Waals surface area (Å²) in [7, 11) is 1.64. The molecule has 0 unspecified atom stereocenters. The van der Waals surface area contributed by atoms with Crippen molar-refractivity contribution in [3.63, 3.8) is 0 Å². The van der Waals surface area contributed by atoms with Gasteiger partial charge in [-0.1, -0.05) is 19.3 Å². The molecular formula is C14H23N3O2. The van der Waals surface area contributed by atoms with Gasteiger partial charge in [0.05, 0.1) is 6.61 Å². The van der Waals surface area contributed by atoms with E-state index in [-0.39, 0.29) is 0 Å². The van der Waals surface area contributed by atoms with Gasteiger partial charge in [0.1, 0.15) is 12.4 Å². The van der Waals surface area contributed by atoms with Crippen LogP contribution in [0.1, 0.15) is 44.9 Å². The highest BCUT2D eigenvalue weighted by molar-refractivity contribution is 5.39. The molecule has 2 rings (SSSR count). The SMILES string of the molecule is CCOc1cc(NC2CCCCC2)nc(COC)n1. The van der Waals surface area contributed by atoms with Gasteiger partial charge in [-0.25, -0.2) is 4.98 Å². The molecule has 1 aliphatic rings. The average Bonchev–Trinajstić information content (AvgIpc) is 2.40. The zero-order valence-corrected chi connectivity index (χ0v) is 11.8. The highest BCUT2D eigenvalue weighted by Crippen LogP contribution is 2.22. The van der Waals surface area contributed by atoms with Crippen molar-refractivity contribution in [1.82, 2.24) is 9.97 Å². The zero-order valence-electron chi connectivity index (χ0n) is 11.8. The Morgan fingerprint density at radius 2 is 2.05 bits per heavy atom. The molecule has 106 valence electrons. The summed E-state index contributed by atoms with van der Waals surface area (Å²) < 4.78 is 10.6. The lowest BCUT2D eigenvalue weighted by Gasteiger charge is -2.23. The largest absolute Gasteiger partial charge is 0.478 e. The van der Waals surface area contributed by atoms with Crippen LogP contribution >= 0.6 is 0 Å². The van der Waals surface area contributed by atoms with E-state index in [1.54, 1.807) is 7.11 Å². The molecule has 19 heavy (non-hydrogen) atoms. The fourth-order valence-electron chi connectivity index (χ4n) is 2.42. The van der Waals surface area contributed by atoms with Gasteiger partial charge in [0.15, 0.2) is 5.82 Å². The van der Waals surface area contributed by atoms with Crippen LogP contribution in [-0.2, 0) is 11.3 Å². The Bertz CT molecular complexity index is 368. The summed E-state index contributed by atoms with van der Waals surface area (Å²) in [6, 6.07) is 2.39. The molecule has 1 saturated carbocycles. The number of ether oxygens (including phenoxy) is 2. The number of methoxy groups -OCH3 is 1. The number of nitrogens with one attached hydrogen (secondary N) is 1. The molecule has 1 aromatic heterocycles. The van der Waals surface area contributed by atoms with Gasteiger partial charge in [0, 0.05) is 19.2 Å². The number of rotatable bonds is 6. The van der Waals surface area contributed by atoms with Gasteiger partial charge < -0.3 is 14.8 Å². The lowest BCUT2D eigenvalue weighted by atomic mass is 9.95. The Kier molecular flexibility index (Phi) is 5.39. The fraction of sp³-hybridized carbons (Fsp3) is 0.714. The zero-order chi connectivity index (χ0) is 13.5. The molecule has 1 aliphatic carbocycles. The number of hydrogen-bond donors (Lipinski definition) is 1. The summed E-state index contributed by atoms with van der Waals surface area (Å²) in [6.45, 7) is 2.96. The van der Waals surface area contributed by atoms with Crippen molar-refractivity contribution >= 4 is 5.82 Å². The van der Waals surface area contributed by atoms with Gasteiger partial charge in [-0.15, -0.1) is 0 Å². The Morgan fingerprint density at radius 1 is 1.26 bits per heavy atom. The van der Waals surface area contributed by atoms with Crippen molar-refractivity contribution in [2.45, 2.75) is 51.7 Å². The Hall–Kier alpha value is -1.36. The minimum Gasteiger partial charge on any atom is -0.478 e. The quantitative estimate of drug-likeness (QED) is 0.857. The first-order valence-electron chi connectivity index (χ1n) is 7.08. The van der Waals surface area contributed by atoms with Crippen LogP contribution in [0, 0.1) is 0 Å². The molecule has 0 amide bonds. The molecular weight excluding hydrogens is 242 g/mol. The third kappa shape index (κ3) is 4.35. The minimum atomic E-state index is 0.403. The summed E-state index contributed by atoms with van der Waals surface area (Å²) in [5, 5.41) is 3.49. The van der Waals surface area contributed by atoms with Crippen molar-refractivity contribution in [1.29, 1.82) is 0 Å². The smallest absolute Gasteiger partial charge is 0.218 e. The number of nitrogens with zero attached hydrogens (tertiary/aromatic N) is 2. The molecule has 0 radical (unpaired) electrons. The Morgan fingerprint density at radius 3 is 2.74 bits per heavy atom. The first-order valence-corrected chi connectivity index (χ1v) is 7.08. The third-order valence-electron chi connectivity index (χ3n) is 3.27. The minimum absolute atomic E-state index is 0.403. The summed E-state index contributed by atoms with van der Waals surface area (Å²) in [6.07, 6.45) is 6.38. The third-order valence-corrected chi connectivity index (χ3v) is 3.27. The molecule has 5 nitrogen and oxygen atoms in total. The van der Waals surface area contributed by atoms with Gasteiger partial charge in [0.2, 0.25) is 5.88 Å². The van der Waals surface area contributed by atoms with Gasteiger partial charge >= 0.3 is 0 Å². The standard InChI is InChI=1S/C14H23N3O2/c1-3-19-14-9-12(16-13(17-14)10-18-2)15-11-7-5-4-6-8-11/h9,11H,3-8,10H2,1-2H3,(H,15,16,17). The van der Waals surface area contributed by atoms with E-state index in [4.69, 9.17) is 9.47 Å². The fourth-order valence-corrected chi connectivity index (χ4v) is 2.42. The Balaban J connectivity index is 2.08. The van der Waals surface area contributed by atoms with Gasteiger partial charge in [-0.05, 0) is 19.8 Å². The van der Waals surface area contributed by atoms with Crippen LogP contribution in [-0.4, -0.2) is 29.7 Å². The average molecular weight is 265 g/mol. The van der Waals surface area contributed by atoms with Crippen molar-refractivity contribution in [3.05, 3.63) is 11.9 Å². The van der Waals surface area contributed by atoms with E-state index < -0.39 is 0 Å². The maximum absolute atomic E-state index is 5.48. The first kappa shape index (κ1) is 14.1. The van der Waals surface area contributed by atoms with Crippen LogP contribution in [0.25, 0.3) is 0 Å². The molecule has 1 heterocycles. The van der Waals surface area contributed by atoms with E-state index in [9.17, 15) is 0 Å². The topological polar surface area (TPSA) is 56.3 Å². The highest BCUT2D eigenvalue weighted by Gasteiger charge is 2.14. The van der Waals surface area contributed by atoms with Crippen molar-refractivity contribution < 1.29 is 9.47 Å². The van der Waals surface area contributed by atoms with E-state index >= 15 is 0 Å². The van der Waals surface area contributed by atoms with Crippen molar-refractivity contribution in [2.75, 3.05) is 19.0 Å². The highest BCUT2D eigenvalue weighted by atomic mass is 16.5. The number of hydrogen-bond acceptors (Lipinski definition) is 5. The molecule has 0 aliphatic heterocycles. The second-order valence-electron chi connectivity index (χ2n) is 4.85. The van der Waals surface area contributed by atoms with Gasteiger partial charge in [-0.2, -0.15) is 4.98 Å². The van der Waals surface area contributed by atoms with Crippen LogP contribution in [0.2, 0.25) is 0 Å². The van der Waals surface area contributed by atoms with Gasteiger partial charge in [-0.3, -0.25) is 0 Å². The van der Waals surface area contributed by atoms with Crippen molar-refractivity contribution in [2.24, 2.45) is 0 Å². The predicted molar refractivity (Wildman–Crippen MR) is 74.4 cm³/mol. The summed E-state index contributed by atoms with van der Waals surface area (Å²) in [5.74, 6) is 2.12. The molecule has 1 aromatic rings. The van der Waals surface area contributed by atoms with Crippen LogP contribution in [0.15, 0.2) is 6.07 Å². The van der Waals surface area contributed by atoms with Crippen molar-refractivity contribution in [3.8, 4) is 5.88 Å². The van der Waals surface area contributed by atoms with Crippen LogP contribution in [0.5, 0.6) is 5.88 Å². The monoisotopic (exact) mass is 265 g/mol. The van der Waals surface area contributed by atoms with E-state index in [1.807, 2.05) is 13.0 Å². The van der Waals surface area contributed by atoms with E-state index in [1.165, 1.54) is 32.1 Å². The molecule has 0 bridgehead atoms. The molecule has 1 N–H and O–H groups in total. The molecule has 0 saturated heterocycles. The number of aromatic nitrogens is 2. The lowest BCUT2D eigenvalue weighted by molar-refractivity contribution is 0.176. The molecule has 5 heteroatoms.